The zero-order valence-corrected chi connectivity index (χ0v) is 9.83. The van der Waals surface area contributed by atoms with Crippen LogP contribution >= 0.6 is 12.4 Å². The second kappa shape index (κ2) is 4.93. The number of rotatable bonds is 3. The van der Waals surface area contributed by atoms with Gasteiger partial charge in [0.15, 0.2) is 0 Å². The van der Waals surface area contributed by atoms with Gasteiger partial charge in [-0.3, -0.25) is 4.90 Å². The van der Waals surface area contributed by atoms with Crippen LogP contribution in [0.15, 0.2) is 0 Å². The molecule has 2 aliphatic rings. The summed E-state index contributed by atoms with van der Waals surface area (Å²) in [4.78, 5) is 2.18. The number of alkyl halides is 2. The van der Waals surface area contributed by atoms with Crippen molar-refractivity contribution in [1.29, 1.82) is 0 Å². The van der Waals surface area contributed by atoms with Gasteiger partial charge >= 0.3 is 0 Å². The zero-order chi connectivity index (χ0) is 10.2. The quantitative estimate of drug-likeness (QED) is 0.809. The maximum atomic E-state index is 12.7. The Morgan fingerprint density at radius 1 is 1.47 bits per heavy atom. The lowest BCUT2D eigenvalue weighted by atomic mass is 10.1. The van der Waals surface area contributed by atoms with Crippen LogP contribution in [0.3, 0.4) is 0 Å². The van der Waals surface area contributed by atoms with Gasteiger partial charge < -0.3 is 5.32 Å². The molecule has 0 radical (unpaired) electrons. The van der Waals surface area contributed by atoms with Crippen LogP contribution in [0, 0.1) is 5.41 Å². The maximum Gasteiger partial charge on any atom is 0.245 e. The van der Waals surface area contributed by atoms with Crippen LogP contribution in [0.2, 0.25) is 0 Å². The van der Waals surface area contributed by atoms with Crippen molar-refractivity contribution in [2.75, 3.05) is 26.2 Å². The summed E-state index contributed by atoms with van der Waals surface area (Å²) in [5, 5.41) is 3.32. The number of halogens is 3. The van der Waals surface area contributed by atoms with Crippen molar-refractivity contribution in [3.8, 4) is 0 Å². The first-order valence-corrected chi connectivity index (χ1v) is 5.36. The molecule has 0 spiro atoms. The average molecular weight is 241 g/mol. The normalized spacial score (nSPS) is 30.0. The largest absolute Gasteiger partial charge is 0.312 e. The minimum atomic E-state index is -2.13. The Kier molecular flexibility index (Phi) is 4.32. The molecule has 1 heterocycles. The fourth-order valence-electron chi connectivity index (χ4n) is 2.21. The molecule has 15 heavy (non-hydrogen) atoms. The topological polar surface area (TPSA) is 15.3 Å². The van der Waals surface area contributed by atoms with E-state index in [0.29, 0.717) is 25.4 Å². The molecule has 1 atom stereocenters. The second-order valence-electron chi connectivity index (χ2n) is 4.75. The highest BCUT2D eigenvalue weighted by Gasteiger charge is 2.51. The highest BCUT2D eigenvalue weighted by molar-refractivity contribution is 5.85. The van der Waals surface area contributed by atoms with Crippen LogP contribution in [-0.2, 0) is 0 Å². The summed E-state index contributed by atoms with van der Waals surface area (Å²) < 4.78 is 25.4. The summed E-state index contributed by atoms with van der Waals surface area (Å²) in [5.74, 6) is 0. The van der Waals surface area contributed by atoms with Crippen LogP contribution in [0.4, 0.5) is 8.78 Å². The van der Waals surface area contributed by atoms with E-state index in [9.17, 15) is 8.78 Å². The van der Waals surface area contributed by atoms with E-state index in [1.165, 1.54) is 0 Å². The molecule has 1 saturated carbocycles. The molecule has 1 saturated heterocycles. The highest BCUT2D eigenvalue weighted by atomic mass is 35.5. The standard InChI is InChI=1S/C10H18F2N2.ClH/c1-8-6-14(5-4-13-8)7-10(2-3-10)9(11)12;/h8-9,13H,2-7H2,1H3;1H/t8-;/m0./s1. The van der Waals surface area contributed by atoms with Crippen molar-refractivity contribution in [2.24, 2.45) is 5.41 Å². The molecule has 0 aromatic carbocycles. The molecule has 0 unspecified atom stereocenters. The molecular weight excluding hydrogens is 222 g/mol. The molecule has 0 aromatic rings. The molecule has 0 bridgehead atoms. The minimum absolute atomic E-state index is 0. The summed E-state index contributed by atoms with van der Waals surface area (Å²) >= 11 is 0. The van der Waals surface area contributed by atoms with Gasteiger partial charge in [-0.2, -0.15) is 0 Å². The Hall–Kier alpha value is 0.0700. The van der Waals surface area contributed by atoms with Gasteiger partial charge in [0.1, 0.15) is 0 Å². The van der Waals surface area contributed by atoms with Crippen molar-refractivity contribution < 1.29 is 8.78 Å². The maximum absolute atomic E-state index is 12.7. The van der Waals surface area contributed by atoms with Gasteiger partial charge in [0.25, 0.3) is 0 Å². The third-order valence-corrected chi connectivity index (χ3v) is 3.35. The molecule has 2 fully saturated rings. The summed E-state index contributed by atoms with van der Waals surface area (Å²) in [6, 6.07) is 0.442. The Bertz CT molecular complexity index is 210. The summed E-state index contributed by atoms with van der Waals surface area (Å²) in [5.41, 5.74) is -0.642. The molecule has 1 N–H and O–H groups in total. The molecular formula is C10H19ClF2N2. The summed E-state index contributed by atoms with van der Waals surface area (Å²) in [7, 11) is 0. The third-order valence-electron chi connectivity index (χ3n) is 3.35. The molecule has 0 amide bonds. The fourth-order valence-corrected chi connectivity index (χ4v) is 2.21. The van der Waals surface area contributed by atoms with E-state index in [4.69, 9.17) is 0 Å². The average Bonchev–Trinajstić information content (AvgIpc) is 2.85. The smallest absolute Gasteiger partial charge is 0.245 e. The number of nitrogens with one attached hydrogen (secondary N) is 1. The number of hydrogen-bond donors (Lipinski definition) is 1. The molecule has 90 valence electrons. The molecule has 0 aromatic heterocycles. The van der Waals surface area contributed by atoms with Crippen LogP contribution in [0.1, 0.15) is 19.8 Å². The van der Waals surface area contributed by atoms with Gasteiger partial charge in [-0.05, 0) is 19.8 Å². The lowest BCUT2D eigenvalue weighted by Gasteiger charge is -2.34. The molecule has 1 aliphatic heterocycles. The van der Waals surface area contributed by atoms with E-state index in [-0.39, 0.29) is 12.4 Å². The van der Waals surface area contributed by atoms with Crippen LogP contribution < -0.4 is 5.32 Å². The lowest BCUT2D eigenvalue weighted by Crippen LogP contribution is -2.51. The highest BCUT2D eigenvalue weighted by Crippen LogP contribution is 2.51. The zero-order valence-electron chi connectivity index (χ0n) is 9.01. The van der Waals surface area contributed by atoms with Crippen LogP contribution in [0.25, 0.3) is 0 Å². The van der Waals surface area contributed by atoms with E-state index in [1.54, 1.807) is 0 Å². The third kappa shape index (κ3) is 3.02. The molecule has 2 nitrogen and oxygen atoms in total. The van der Waals surface area contributed by atoms with E-state index >= 15 is 0 Å². The van der Waals surface area contributed by atoms with Crippen molar-refractivity contribution >= 4 is 12.4 Å². The SMILES string of the molecule is C[C@H]1CN(CC2(C(F)F)CC2)CCN1.Cl. The van der Waals surface area contributed by atoms with E-state index in [0.717, 1.165) is 19.6 Å². The fraction of sp³-hybridized carbons (Fsp3) is 1.00. The minimum Gasteiger partial charge on any atom is -0.312 e. The first-order valence-electron chi connectivity index (χ1n) is 5.36. The van der Waals surface area contributed by atoms with Crippen molar-refractivity contribution in [1.82, 2.24) is 10.2 Å². The predicted molar refractivity (Wildman–Crippen MR) is 58.8 cm³/mol. The first kappa shape index (κ1) is 13.1. The van der Waals surface area contributed by atoms with E-state index in [1.807, 2.05) is 0 Å². The predicted octanol–water partition coefficient (Wildman–Crippen LogP) is 1.75. The Labute approximate surface area is 95.8 Å². The number of piperazine rings is 1. The van der Waals surface area contributed by atoms with E-state index < -0.39 is 11.8 Å². The monoisotopic (exact) mass is 240 g/mol. The van der Waals surface area contributed by atoms with Crippen LogP contribution in [0.5, 0.6) is 0 Å². The van der Waals surface area contributed by atoms with E-state index in [2.05, 4.69) is 17.1 Å². The van der Waals surface area contributed by atoms with Gasteiger partial charge in [-0.1, -0.05) is 0 Å². The summed E-state index contributed by atoms with van der Waals surface area (Å²) in [6.07, 6.45) is -0.709. The van der Waals surface area contributed by atoms with Gasteiger partial charge in [-0.15, -0.1) is 12.4 Å². The summed E-state index contributed by atoms with van der Waals surface area (Å²) in [6.45, 7) is 5.46. The number of hydrogen-bond acceptors (Lipinski definition) is 2. The van der Waals surface area contributed by atoms with Gasteiger partial charge in [0.2, 0.25) is 6.43 Å². The Morgan fingerprint density at radius 2 is 2.13 bits per heavy atom. The Morgan fingerprint density at radius 3 is 2.60 bits per heavy atom. The first-order chi connectivity index (χ1) is 6.62. The lowest BCUT2D eigenvalue weighted by molar-refractivity contribution is 0.0306. The van der Waals surface area contributed by atoms with Crippen molar-refractivity contribution in [3.05, 3.63) is 0 Å². The van der Waals surface area contributed by atoms with Crippen LogP contribution in [-0.4, -0.2) is 43.5 Å². The second-order valence-corrected chi connectivity index (χ2v) is 4.75. The molecule has 1 aliphatic carbocycles. The van der Waals surface area contributed by atoms with Crippen molar-refractivity contribution in [3.63, 3.8) is 0 Å². The Balaban J connectivity index is 0.00000112. The van der Waals surface area contributed by atoms with Gasteiger partial charge in [-0.25, -0.2) is 8.78 Å². The van der Waals surface area contributed by atoms with Crippen molar-refractivity contribution in [2.45, 2.75) is 32.2 Å². The van der Waals surface area contributed by atoms with Gasteiger partial charge in [0, 0.05) is 37.6 Å². The number of nitrogens with zero attached hydrogens (tertiary/aromatic N) is 1. The molecule has 2 rings (SSSR count). The molecule has 5 heteroatoms. The van der Waals surface area contributed by atoms with Gasteiger partial charge in [0.05, 0.1) is 0 Å².